The van der Waals surface area contributed by atoms with Crippen molar-refractivity contribution in [2.45, 2.75) is 25.9 Å². The first kappa shape index (κ1) is 20.7. The minimum Gasteiger partial charge on any atom is -0.357 e. The third kappa shape index (κ3) is 5.44. The van der Waals surface area contributed by atoms with Crippen LogP contribution in [0.25, 0.3) is 5.69 Å². The van der Waals surface area contributed by atoms with E-state index in [0.717, 1.165) is 11.3 Å². The highest BCUT2D eigenvalue weighted by Gasteiger charge is 2.28. The van der Waals surface area contributed by atoms with Crippen LogP contribution in [0.4, 0.5) is 0 Å². The summed E-state index contributed by atoms with van der Waals surface area (Å²) in [5, 5.41) is 6.42. The van der Waals surface area contributed by atoms with Crippen LogP contribution in [0.5, 0.6) is 0 Å². The molecule has 0 bridgehead atoms. The smallest absolute Gasteiger partial charge is 0.191 e. The standard InChI is InChI=1S/C17H23N5O2S.HI/c1-2-19-17(21-15-7-10-25(23,24)12-15)20-11-14-5-3-4-6-16(14)22-9-8-18-13-22;/h3-6,8-9,13,15H,2,7,10-12H2,1H3,(H2,19,20,21);1H. The Morgan fingerprint density at radius 1 is 1.38 bits per heavy atom. The number of halogens is 1. The Labute approximate surface area is 171 Å². The van der Waals surface area contributed by atoms with Gasteiger partial charge in [0.15, 0.2) is 15.8 Å². The third-order valence-electron chi connectivity index (χ3n) is 4.10. The van der Waals surface area contributed by atoms with Gasteiger partial charge in [-0.25, -0.2) is 18.4 Å². The number of rotatable bonds is 5. The van der Waals surface area contributed by atoms with Crippen molar-refractivity contribution in [1.29, 1.82) is 0 Å². The van der Waals surface area contributed by atoms with Gasteiger partial charge in [-0.1, -0.05) is 18.2 Å². The van der Waals surface area contributed by atoms with Gasteiger partial charge in [-0.05, 0) is 25.0 Å². The highest BCUT2D eigenvalue weighted by atomic mass is 127. The quantitative estimate of drug-likeness (QED) is 0.380. The largest absolute Gasteiger partial charge is 0.357 e. The molecule has 0 aliphatic carbocycles. The maximum Gasteiger partial charge on any atom is 0.191 e. The predicted octanol–water partition coefficient (Wildman–Crippen LogP) is 1.73. The van der Waals surface area contributed by atoms with Crippen LogP contribution in [0.1, 0.15) is 18.9 Å². The molecule has 142 valence electrons. The molecular weight excluding hydrogens is 465 g/mol. The van der Waals surface area contributed by atoms with E-state index in [2.05, 4.69) is 20.6 Å². The fourth-order valence-electron chi connectivity index (χ4n) is 2.88. The Bertz CT molecular complexity index is 837. The van der Waals surface area contributed by atoms with Crippen molar-refractivity contribution in [3.63, 3.8) is 0 Å². The fraction of sp³-hybridized carbons (Fsp3) is 0.412. The highest BCUT2D eigenvalue weighted by molar-refractivity contribution is 14.0. The minimum absolute atomic E-state index is 0. The Balaban J connectivity index is 0.00000243. The zero-order valence-electron chi connectivity index (χ0n) is 14.6. The monoisotopic (exact) mass is 489 g/mol. The number of nitrogens with zero attached hydrogens (tertiary/aromatic N) is 3. The second-order valence-corrected chi connectivity index (χ2v) is 8.27. The lowest BCUT2D eigenvalue weighted by atomic mass is 10.2. The van der Waals surface area contributed by atoms with Crippen molar-refractivity contribution >= 4 is 39.8 Å². The Hall–Kier alpha value is -1.62. The summed E-state index contributed by atoms with van der Waals surface area (Å²) in [4.78, 5) is 8.72. The van der Waals surface area contributed by atoms with Gasteiger partial charge in [0, 0.05) is 25.0 Å². The molecule has 3 rings (SSSR count). The molecule has 1 aliphatic rings. The van der Waals surface area contributed by atoms with E-state index in [-0.39, 0.29) is 41.5 Å². The number of hydrogen-bond donors (Lipinski definition) is 2. The van der Waals surface area contributed by atoms with Gasteiger partial charge in [-0.2, -0.15) is 0 Å². The topological polar surface area (TPSA) is 88.4 Å². The van der Waals surface area contributed by atoms with Crippen molar-refractivity contribution in [1.82, 2.24) is 20.2 Å². The van der Waals surface area contributed by atoms with Gasteiger partial charge < -0.3 is 15.2 Å². The second kappa shape index (κ2) is 9.36. The van der Waals surface area contributed by atoms with Crippen LogP contribution in [0.3, 0.4) is 0 Å². The molecule has 9 heteroatoms. The average molecular weight is 489 g/mol. The number of sulfone groups is 1. The summed E-state index contributed by atoms with van der Waals surface area (Å²) in [6, 6.07) is 7.94. The van der Waals surface area contributed by atoms with E-state index in [1.165, 1.54) is 0 Å². The van der Waals surface area contributed by atoms with E-state index in [0.29, 0.717) is 25.5 Å². The Kier molecular flexibility index (Phi) is 7.44. The molecule has 2 N–H and O–H groups in total. The number of aromatic nitrogens is 2. The zero-order chi connectivity index (χ0) is 17.7. The maximum absolute atomic E-state index is 11.6. The van der Waals surface area contributed by atoms with Gasteiger partial charge in [-0.3, -0.25) is 0 Å². The molecular formula is C17H24IN5O2S. The number of aliphatic imine (C=N–C) groups is 1. The van der Waals surface area contributed by atoms with E-state index in [1.54, 1.807) is 12.5 Å². The lowest BCUT2D eigenvalue weighted by Gasteiger charge is -2.16. The second-order valence-electron chi connectivity index (χ2n) is 6.04. The number of para-hydroxylation sites is 1. The summed E-state index contributed by atoms with van der Waals surface area (Å²) >= 11 is 0. The summed E-state index contributed by atoms with van der Waals surface area (Å²) in [5.74, 6) is 1.06. The van der Waals surface area contributed by atoms with E-state index >= 15 is 0 Å². The van der Waals surface area contributed by atoms with Crippen LogP contribution in [-0.4, -0.2) is 48.0 Å². The van der Waals surface area contributed by atoms with Crippen LogP contribution < -0.4 is 10.6 Å². The molecule has 2 aromatic rings. The molecule has 1 aromatic carbocycles. The maximum atomic E-state index is 11.6. The molecule has 1 atom stereocenters. The fourth-order valence-corrected chi connectivity index (χ4v) is 4.56. The van der Waals surface area contributed by atoms with Crippen LogP contribution in [0, 0.1) is 0 Å². The summed E-state index contributed by atoms with van der Waals surface area (Å²) in [7, 11) is -2.92. The number of benzene rings is 1. The van der Waals surface area contributed by atoms with Gasteiger partial charge in [0.1, 0.15) is 0 Å². The van der Waals surface area contributed by atoms with Gasteiger partial charge in [0.05, 0.1) is 30.1 Å². The predicted molar refractivity (Wildman–Crippen MR) is 114 cm³/mol. The molecule has 26 heavy (non-hydrogen) atoms. The first-order chi connectivity index (χ1) is 12.1. The summed E-state index contributed by atoms with van der Waals surface area (Å²) in [5.41, 5.74) is 2.10. The van der Waals surface area contributed by atoms with E-state index in [9.17, 15) is 8.42 Å². The van der Waals surface area contributed by atoms with Crippen molar-refractivity contribution in [3.8, 4) is 5.69 Å². The highest BCUT2D eigenvalue weighted by Crippen LogP contribution is 2.15. The summed E-state index contributed by atoms with van der Waals surface area (Å²) in [6.07, 6.45) is 6.02. The molecule has 1 aliphatic heterocycles. The lowest BCUT2D eigenvalue weighted by molar-refractivity contribution is 0.599. The minimum atomic E-state index is -2.92. The molecule has 1 unspecified atom stereocenters. The van der Waals surface area contributed by atoms with Crippen LogP contribution >= 0.6 is 24.0 Å². The van der Waals surface area contributed by atoms with Crippen molar-refractivity contribution in [3.05, 3.63) is 48.5 Å². The number of guanidine groups is 1. The first-order valence-corrected chi connectivity index (χ1v) is 10.2. The SMILES string of the molecule is CCNC(=NCc1ccccc1-n1ccnc1)NC1CCS(=O)(=O)C1.I. The van der Waals surface area contributed by atoms with Gasteiger partial charge in [-0.15, -0.1) is 24.0 Å². The number of imidazole rings is 1. The molecule has 0 radical (unpaired) electrons. The Morgan fingerprint density at radius 3 is 2.85 bits per heavy atom. The van der Waals surface area contributed by atoms with Gasteiger partial charge >= 0.3 is 0 Å². The normalized spacial score (nSPS) is 19.0. The van der Waals surface area contributed by atoms with Crippen molar-refractivity contribution in [2.24, 2.45) is 4.99 Å². The van der Waals surface area contributed by atoms with Crippen LogP contribution in [0.15, 0.2) is 48.0 Å². The molecule has 1 saturated heterocycles. The van der Waals surface area contributed by atoms with Gasteiger partial charge in [0.25, 0.3) is 0 Å². The molecule has 1 fully saturated rings. The third-order valence-corrected chi connectivity index (χ3v) is 5.87. The molecule has 0 spiro atoms. The molecule has 0 amide bonds. The molecule has 2 heterocycles. The van der Waals surface area contributed by atoms with Crippen molar-refractivity contribution in [2.75, 3.05) is 18.1 Å². The lowest BCUT2D eigenvalue weighted by Crippen LogP contribution is -2.44. The number of nitrogens with one attached hydrogen (secondary N) is 2. The van der Waals surface area contributed by atoms with E-state index in [1.807, 2.05) is 42.0 Å². The Morgan fingerprint density at radius 2 is 2.19 bits per heavy atom. The van der Waals surface area contributed by atoms with Crippen LogP contribution in [-0.2, 0) is 16.4 Å². The van der Waals surface area contributed by atoms with Crippen LogP contribution in [0.2, 0.25) is 0 Å². The zero-order valence-corrected chi connectivity index (χ0v) is 17.8. The van der Waals surface area contributed by atoms with Gasteiger partial charge in [0.2, 0.25) is 0 Å². The summed E-state index contributed by atoms with van der Waals surface area (Å²) in [6.45, 7) is 3.19. The first-order valence-electron chi connectivity index (χ1n) is 8.39. The average Bonchev–Trinajstić information content (AvgIpc) is 3.23. The van der Waals surface area contributed by atoms with E-state index < -0.39 is 9.84 Å². The molecule has 7 nitrogen and oxygen atoms in total. The van der Waals surface area contributed by atoms with Crippen molar-refractivity contribution < 1.29 is 8.42 Å². The number of hydrogen-bond acceptors (Lipinski definition) is 4. The molecule has 1 aromatic heterocycles. The molecule has 0 saturated carbocycles. The van der Waals surface area contributed by atoms with E-state index in [4.69, 9.17) is 0 Å². The summed E-state index contributed by atoms with van der Waals surface area (Å²) < 4.78 is 25.2.